The summed E-state index contributed by atoms with van der Waals surface area (Å²) in [6.07, 6.45) is 1.56. The lowest BCUT2D eigenvalue weighted by molar-refractivity contribution is -0.144. The van der Waals surface area contributed by atoms with E-state index < -0.39 is 34.7 Å². The number of nitrogens with zero attached hydrogens (tertiary/aromatic N) is 3. The molecule has 1 N–H and O–H groups in total. The first-order valence-corrected chi connectivity index (χ1v) is 11.8. The molecule has 3 aliphatic rings. The van der Waals surface area contributed by atoms with Crippen LogP contribution in [0.3, 0.4) is 0 Å². The molecule has 2 fully saturated rings. The molecule has 2 amide bonds. The molecule has 2 aromatic rings. The number of carbonyl (C=O) groups excluding carboxylic acids is 3. The number of fused-ring (bicyclic) bond motifs is 2. The SMILES string of the molecule is C=CCN1C(=O)C2(/C(=C(\O)c3ccc(F)cc3)C(=O)C(=O)N2CCN2CCOCC2)c2ccccc21. The van der Waals surface area contributed by atoms with Crippen LogP contribution in [0.1, 0.15) is 11.1 Å². The lowest BCUT2D eigenvalue weighted by atomic mass is 9.82. The predicted octanol–water partition coefficient (Wildman–Crippen LogP) is 2.27. The maximum absolute atomic E-state index is 14.2. The highest BCUT2D eigenvalue weighted by atomic mass is 19.1. The van der Waals surface area contributed by atoms with Crippen molar-refractivity contribution in [2.24, 2.45) is 0 Å². The molecule has 0 saturated carbocycles. The number of amides is 2. The maximum Gasteiger partial charge on any atom is 0.296 e. The lowest BCUT2D eigenvalue weighted by Gasteiger charge is -2.36. The van der Waals surface area contributed by atoms with Gasteiger partial charge < -0.3 is 19.6 Å². The van der Waals surface area contributed by atoms with Crippen molar-refractivity contribution in [3.05, 3.63) is 83.7 Å². The van der Waals surface area contributed by atoms with E-state index in [0.29, 0.717) is 44.1 Å². The Bertz CT molecular complexity index is 1270. The van der Waals surface area contributed by atoms with Gasteiger partial charge in [0.25, 0.3) is 17.6 Å². The second kappa shape index (κ2) is 9.33. The van der Waals surface area contributed by atoms with Crippen LogP contribution in [-0.4, -0.2) is 78.4 Å². The number of Topliss-reactive ketones (excluding diaryl/α,β-unsaturated/α-hetero) is 1. The zero-order valence-corrected chi connectivity index (χ0v) is 19.7. The molecule has 2 saturated heterocycles. The highest BCUT2D eigenvalue weighted by Gasteiger charge is 2.66. The minimum Gasteiger partial charge on any atom is -0.507 e. The van der Waals surface area contributed by atoms with Crippen LogP contribution in [0.5, 0.6) is 0 Å². The lowest BCUT2D eigenvalue weighted by Crippen LogP contribution is -2.54. The first-order chi connectivity index (χ1) is 17.4. The van der Waals surface area contributed by atoms with Crippen LogP contribution in [0, 0.1) is 5.82 Å². The van der Waals surface area contributed by atoms with E-state index in [4.69, 9.17) is 4.74 Å². The summed E-state index contributed by atoms with van der Waals surface area (Å²) in [6, 6.07) is 11.8. The first kappa shape index (κ1) is 23.9. The highest BCUT2D eigenvalue weighted by Crippen LogP contribution is 2.53. The number of morpholine rings is 1. The maximum atomic E-state index is 14.2. The van der Waals surface area contributed by atoms with Crippen molar-refractivity contribution in [2.45, 2.75) is 5.54 Å². The van der Waals surface area contributed by atoms with Crippen LogP contribution in [0.2, 0.25) is 0 Å². The van der Waals surface area contributed by atoms with Gasteiger partial charge in [-0.15, -0.1) is 6.58 Å². The van der Waals surface area contributed by atoms with Gasteiger partial charge in [-0.05, 0) is 30.3 Å². The molecule has 0 bridgehead atoms. The number of ketones is 1. The van der Waals surface area contributed by atoms with Crippen LogP contribution >= 0.6 is 0 Å². The molecule has 8 nitrogen and oxygen atoms in total. The Labute approximate surface area is 207 Å². The van der Waals surface area contributed by atoms with Crippen molar-refractivity contribution < 1.29 is 28.6 Å². The van der Waals surface area contributed by atoms with E-state index in [2.05, 4.69) is 11.5 Å². The fourth-order valence-electron chi connectivity index (χ4n) is 5.30. The molecular weight excluding hydrogens is 465 g/mol. The fourth-order valence-corrected chi connectivity index (χ4v) is 5.30. The van der Waals surface area contributed by atoms with Gasteiger partial charge in [0, 0.05) is 43.9 Å². The molecule has 0 radical (unpaired) electrons. The van der Waals surface area contributed by atoms with E-state index in [-0.39, 0.29) is 24.2 Å². The van der Waals surface area contributed by atoms with E-state index in [0.717, 1.165) is 12.1 Å². The van der Waals surface area contributed by atoms with Crippen molar-refractivity contribution in [2.75, 3.05) is 50.8 Å². The molecule has 1 atom stereocenters. The standard InChI is InChI=1S/C27H26FN3O5/c1-2-11-30-21-6-4-3-5-20(21)27(26(30)35)22(23(32)18-7-9-19(28)10-8-18)24(33)25(34)31(27)13-12-29-14-16-36-17-15-29/h2-10,32H,1,11-17H2/b23-22-. The van der Waals surface area contributed by atoms with Crippen molar-refractivity contribution >= 4 is 29.0 Å². The van der Waals surface area contributed by atoms with Gasteiger partial charge in [0.15, 0.2) is 5.54 Å². The van der Waals surface area contributed by atoms with E-state index >= 15 is 0 Å². The Morgan fingerprint density at radius 1 is 1.06 bits per heavy atom. The van der Waals surface area contributed by atoms with E-state index in [1.54, 1.807) is 30.3 Å². The molecule has 9 heteroatoms. The Morgan fingerprint density at radius 2 is 1.75 bits per heavy atom. The molecule has 3 aliphatic heterocycles. The number of benzene rings is 2. The van der Waals surface area contributed by atoms with E-state index in [1.807, 2.05) is 0 Å². The Kier molecular flexibility index (Phi) is 6.19. The Hall–Kier alpha value is -3.82. The summed E-state index contributed by atoms with van der Waals surface area (Å²) in [5.41, 5.74) is -1.06. The Balaban J connectivity index is 1.71. The molecule has 2 aromatic carbocycles. The number of likely N-dealkylation sites (tertiary alicyclic amines) is 1. The summed E-state index contributed by atoms with van der Waals surface area (Å²) in [5, 5.41) is 11.4. The number of anilines is 1. The zero-order chi connectivity index (χ0) is 25.4. The van der Waals surface area contributed by atoms with Gasteiger partial charge >= 0.3 is 0 Å². The van der Waals surface area contributed by atoms with Crippen molar-refractivity contribution in [3.63, 3.8) is 0 Å². The van der Waals surface area contributed by atoms with Crippen LogP contribution in [0.25, 0.3) is 5.76 Å². The van der Waals surface area contributed by atoms with Crippen molar-refractivity contribution in [1.29, 1.82) is 0 Å². The topological polar surface area (TPSA) is 90.4 Å². The first-order valence-electron chi connectivity index (χ1n) is 11.8. The third-order valence-corrected chi connectivity index (χ3v) is 6.98. The average molecular weight is 492 g/mol. The molecule has 1 unspecified atom stereocenters. The summed E-state index contributed by atoms with van der Waals surface area (Å²) < 4.78 is 19.0. The van der Waals surface area contributed by atoms with Crippen LogP contribution < -0.4 is 4.90 Å². The molecule has 0 aromatic heterocycles. The molecule has 5 rings (SSSR count). The number of para-hydroxylation sites is 1. The van der Waals surface area contributed by atoms with Gasteiger partial charge in [-0.3, -0.25) is 19.3 Å². The molecule has 186 valence electrons. The Morgan fingerprint density at radius 3 is 2.44 bits per heavy atom. The number of hydrogen-bond acceptors (Lipinski definition) is 6. The minimum absolute atomic E-state index is 0.0901. The van der Waals surface area contributed by atoms with Gasteiger partial charge in [-0.2, -0.15) is 0 Å². The van der Waals surface area contributed by atoms with Gasteiger partial charge in [0.05, 0.1) is 24.5 Å². The second-order valence-electron chi connectivity index (χ2n) is 8.90. The van der Waals surface area contributed by atoms with Crippen LogP contribution in [0.4, 0.5) is 10.1 Å². The molecule has 3 heterocycles. The van der Waals surface area contributed by atoms with Gasteiger partial charge in [-0.1, -0.05) is 24.3 Å². The number of carbonyl (C=O) groups is 3. The second-order valence-corrected chi connectivity index (χ2v) is 8.90. The zero-order valence-electron chi connectivity index (χ0n) is 19.7. The van der Waals surface area contributed by atoms with E-state index in [1.165, 1.54) is 21.9 Å². The normalized spacial score (nSPS) is 23.5. The fraction of sp³-hybridized carbons (Fsp3) is 0.296. The summed E-state index contributed by atoms with van der Waals surface area (Å²) in [4.78, 5) is 46.1. The molecular formula is C27H26FN3O5. The summed E-state index contributed by atoms with van der Waals surface area (Å²) in [6.45, 7) is 6.86. The summed E-state index contributed by atoms with van der Waals surface area (Å²) in [5.74, 6) is -3.39. The van der Waals surface area contributed by atoms with Crippen molar-refractivity contribution in [1.82, 2.24) is 9.80 Å². The summed E-state index contributed by atoms with van der Waals surface area (Å²) in [7, 11) is 0. The number of ether oxygens (including phenoxy) is 1. The summed E-state index contributed by atoms with van der Waals surface area (Å²) >= 11 is 0. The minimum atomic E-state index is -1.85. The molecule has 36 heavy (non-hydrogen) atoms. The van der Waals surface area contributed by atoms with Crippen LogP contribution in [-0.2, 0) is 24.7 Å². The quantitative estimate of drug-likeness (QED) is 0.289. The molecule has 0 aliphatic carbocycles. The average Bonchev–Trinajstić information content (AvgIpc) is 3.27. The number of hydrogen-bond donors (Lipinski definition) is 1. The third kappa shape index (κ3) is 3.54. The van der Waals surface area contributed by atoms with Crippen LogP contribution in [0.15, 0.2) is 66.8 Å². The molecule has 1 spiro atoms. The van der Waals surface area contributed by atoms with Gasteiger partial charge in [-0.25, -0.2) is 4.39 Å². The van der Waals surface area contributed by atoms with Gasteiger partial charge in [0.1, 0.15) is 11.6 Å². The van der Waals surface area contributed by atoms with Gasteiger partial charge in [0.2, 0.25) is 0 Å². The highest BCUT2D eigenvalue weighted by molar-refractivity contribution is 6.50. The predicted molar refractivity (Wildman–Crippen MR) is 131 cm³/mol. The number of aliphatic hydroxyl groups is 1. The van der Waals surface area contributed by atoms with Crippen molar-refractivity contribution in [3.8, 4) is 0 Å². The largest absolute Gasteiger partial charge is 0.507 e. The number of halogens is 1. The number of aliphatic hydroxyl groups excluding tert-OH is 1. The third-order valence-electron chi connectivity index (χ3n) is 6.98. The monoisotopic (exact) mass is 491 g/mol. The number of rotatable bonds is 6. The smallest absolute Gasteiger partial charge is 0.296 e. The van der Waals surface area contributed by atoms with E-state index in [9.17, 15) is 23.9 Å².